The highest BCUT2D eigenvalue weighted by Gasteiger charge is 2.23. The van der Waals surface area contributed by atoms with Crippen molar-refractivity contribution in [2.45, 2.75) is 11.4 Å². The monoisotopic (exact) mass is 419 g/mol. The van der Waals surface area contributed by atoms with Crippen molar-refractivity contribution in [1.82, 2.24) is 4.90 Å². The first-order chi connectivity index (χ1) is 14.4. The number of amides is 1. The predicted octanol–water partition coefficient (Wildman–Crippen LogP) is 3.68. The molecule has 0 fully saturated rings. The number of hydrogen-bond acceptors (Lipinski definition) is 4. The molecule has 7 heteroatoms. The van der Waals surface area contributed by atoms with Gasteiger partial charge in [0.25, 0.3) is 15.9 Å². The third-order valence-electron chi connectivity index (χ3n) is 4.62. The molecule has 3 aromatic rings. The van der Waals surface area contributed by atoms with E-state index in [1.54, 1.807) is 36.4 Å². The van der Waals surface area contributed by atoms with Gasteiger partial charge in [0.1, 0.15) is 6.54 Å². The van der Waals surface area contributed by atoms with Gasteiger partial charge in [0.2, 0.25) is 0 Å². The van der Waals surface area contributed by atoms with Crippen LogP contribution in [-0.4, -0.2) is 32.8 Å². The maximum absolute atomic E-state index is 13.0. The van der Waals surface area contributed by atoms with Gasteiger partial charge in [-0.3, -0.25) is 9.10 Å². The molecule has 3 rings (SSSR count). The van der Waals surface area contributed by atoms with Gasteiger partial charge in [-0.05, 0) is 35.9 Å². The molecule has 0 bridgehead atoms. The molecule has 0 aliphatic heterocycles. The Bertz CT molecular complexity index is 1160. The second kappa shape index (κ2) is 9.25. The van der Waals surface area contributed by atoms with E-state index in [1.165, 1.54) is 34.5 Å². The molecule has 152 valence electrons. The average molecular weight is 420 g/mol. The predicted molar refractivity (Wildman–Crippen MR) is 115 cm³/mol. The van der Waals surface area contributed by atoms with Gasteiger partial charge in [-0.1, -0.05) is 54.6 Å². The molecular formula is C23H21N3O3S. The molecule has 0 aromatic heterocycles. The van der Waals surface area contributed by atoms with Crippen LogP contribution in [0.1, 0.15) is 15.9 Å². The highest BCUT2D eigenvalue weighted by atomic mass is 32.2. The highest BCUT2D eigenvalue weighted by Crippen LogP contribution is 2.23. The van der Waals surface area contributed by atoms with E-state index in [1.807, 2.05) is 36.4 Å². The first-order valence-electron chi connectivity index (χ1n) is 9.27. The minimum atomic E-state index is -3.85. The van der Waals surface area contributed by atoms with Crippen LogP contribution in [0.15, 0.2) is 89.8 Å². The van der Waals surface area contributed by atoms with E-state index >= 15 is 0 Å². The Kier molecular flexibility index (Phi) is 6.50. The topological polar surface area (TPSA) is 81.5 Å². The van der Waals surface area contributed by atoms with Crippen molar-refractivity contribution < 1.29 is 13.2 Å². The minimum Gasteiger partial charge on any atom is -0.321 e. The van der Waals surface area contributed by atoms with E-state index in [4.69, 9.17) is 5.26 Å². The standard InChI is InChI=1S/C23H21N3O3S/c1-25(21-12-6-3-7-13-21)30(28,29)22-14-8-11-20(17-22)23(27)26(16-15-24)18-19-9-4-2-5-10-19/h2-14,17H,16,18H2,1H3. The largest absolute Gasteiger partial charge is 0.321 e. The van der Waals surface area contributed by atoms with Crippen LogP contribution in [0.25, 0.3) is 0 Å². The van der Waals surface area contributed by atoms with Gasteiger partial charge in [0.15, 0.2) is 0 Å². The summed E-state index contributed by atoms with van der Waals surface area (Å²) in [4.78, 5) is 14.4. The molecule has 1 amide bonds. The zero-order chi connectivity index (χ0) is 21.6. The first kappa shape index (κ1) is 21.1. The Morgan fingerprint density at radius 1 is 0.933 bits per heavy atom. The van der Waals surface area contributed by atoms with Crippen LogP contribution in [0.4, 0.5) is 5.69 Å². The summed E-state index contributed by atoms with van der Waals surface area (Å²) in [6, 6.07) is 25.9. The Hall–Kier alpha value is -3.63. The molecule has 0 N–H and O–H groups in total. The zero-order valence-electron chi connectivity index (χ0n) is 16.5. The van der Waals surface area contributed by atoms with Crippen LogP contribution in [-0.2, 0) is 16.6 Å². The number of nitrogens with zero attached hydrogens (tertiary/aromatic N) is 3. The van der Waals surface area contributed by atoms with E-state index in [0.717, 1.165) is 5.56 Å². The molecule has 0 saturated carbocycles. The molecule has 0 heterocycles. The van der Waals surface area contributed by atoms with Gasteiger partial charge in [0.05, 0.1) is 16.7 Å². The van der Waals surface area contributed by atoms with Gasteiger partial charge in [0, 0.05) is 19.2 Å². The molecule has 0 aliphatic rings. The lowest BCUT2D eigenvalue weighted by molar-refractivity contribution is 0.0764. The fourth-order valence-corrected chi connectivity index (χ4v) is 4.24. The van der Waals surface area contributed by atoms with E-state index in [0.29, 0.717) is 5.69 Å². The number of benzene rings is 3. The number of carbonyl (C=O) groups excluding carboxylic acids is 1. The van der Waals surface area contributed by atoms with Crippen LogP contribution in [0.2, 0.25) is 0 Å². The zero-order valence-corrected chi connectivity index (χ0v) is 17.3. The van der Waals surface area contributed by atoms with E-state index < -0.39 is 15.9 Å². The number of anilines is 1. The summed E-state index contributed by atoms with van der Waals surface area (Å²) in [5.74, 6) is -0.403. The number of rotatable bonds is 7. The molecule has 0 aliphatic carbocycles. The Balaban J connectivity index is 1.89. The third kappa shape index (κ3) is 4.67. The number of nitriles is 1. The van der Waals surface area contributed by atoms with Crippen molar-refractivity contribution in [1.29, 1.82) is 5.26 Å². The number of hydrogen-bond donors (Lipinski definition) is 0. The molecule has 0 unspecified atom stereocenters. The van der Waals surface area contributed by atoms with Gasteiger partial charge in [-0.25, -0.2) is 8.42 Å². The summed E-state index contributed by atoms with van der Waals surface area (Å²) >= 11 is 0. The van der Waals surface area contributed by atoms with E-state index in [9.17, 15) is 13.2 Å². The summed E-state index contributed by atoms with van der Waals surface area (Å²) in [7, 11) is -2.38. The Morgan fingerprint density at radius 2 is 1.57 bits per heavy atom. The number of para-hydroxylation sites is 1. The summed E-state index contributed by atoms with van der Waals surface area (Å²) in [5.41, 5.74) is 1.61. The summed E-state index contributed by atoms with van der Waals surface area (Å²) in [6.45, 7) is 0.156. The molecule has 0 saturated heterocycles. The average Bonchev–Trinajstić information content (AvgIpc) is 2.79. The fourth-order valence-electron chi connectivity index (χ4n) is 3.00. The van der Waals surface area contributed by atoms with Crippen molar-refractivity contribution in [2.24, 2.45) is 0 Å². The van der Waals surface area contributed by atoms with Crippen LogP contribution in [0, 0.1) is 11.3 Å². The van der Waals surface area contributed by atoms with Crippen LogP contribution >= 0.6 is 0 Å². The molecular weight excluding hydrogens is 398 g/mol. The first-order valence-corrected chi connectivity index (χ1v) is 10.7. The highest BCUT2D eigenvalue weighted by molar-refractivity contribution is 7.92. The molecule has 6 nitrogen and oxygen atoms in total. The van der Waals surface area contributed by atoms with E-state index in [2.05, 4.69) is 0 Å². The smallest absolute Gasteiger partial charge is 0.264 e. The second-order valence-electron chi connectivity index (χ2n) is 6.64. The van der Waals surface area contributed by atoms with Gasteiger partial charge >= 0.3 is 0 Å². The van der Waals surface area contributed by atoms with Crippen LogP contribution in [0.3, 0.4) is 0 Å². The molecule has 30 heavy (non-hydrogen) atoms. The van der Waals surface area contributed by atoms with Gasteiger partial charge in [-0.2, -0.15) is 5.26 Å². The van der Waals surface area contributed by atoms with Crippen molar-refractivity contribution in [3.8, 4) is 6.07 Å². The Morgan fingerprint density at radius 3 is 2.20 bits per heavy atom. The van der Waals surface area contributed by atoms with Crippen molar-refractivity contribution in [2.75, 3.05) is 17.9 Å². The quantitative estimate of drug-likeness (QED) is 0.547. The van der Waals surface area contributed by atoms with Crippen LogP contribution < -0.4 is 4.31 Å². The summed E-state index contributed by atoms with van der Waals surface area (Å²) in [6.07, 6.45) is 0. The summed E-state index contributed by atoms with van der Waals surface area (Å²) in [5, 5.41) is 9.15. The number of carbonyl (C=O) groups is 1. The van der Waals surface area contributed by atoms with Crippen molar-refractivity contribution >= 4 is 21.6 Å². The number of sulfonamides is 1. The van der Waals surface area contributed by atoms with E-state index in [-0.39, 0.29) is 23.5 Å². The minimum absolute atomic E-state index is 0.0105. The third-order valence-corrected chi connectivity index (χ3v) is 6.41. The summed E-state index contributed by atoms with van der Waals surface area (Å²) < 4.78 is 27.3. The van der Waals surface area contributed by atoms with Crippen molar-refractivity contribution in [3.05, 3.63) is 96.1 Å². The van der Waals surface area contributed by atoms with Crippen molar-refractivity contribution in [3.63, 3.8) is 0 Å². The fraction of sp³-hybridized carbons (Fsp3) is 0.130. The SMILES string of the molecule is CN(c1ccccc1)S(=O)(=O)c1cccc(C(=O)N(CC#N)Cc2ccccc2)c1. The molecule has 0 spiro atoms. The maximum Gasteiger partial charge on any atom is 0.264 e. The lowest BCUT2D eigenvalue weighted by Gasteiger charge is -2.22. The lowest BCUT2D eigenvalue weighted by Crippen LogP contribution is -2.31. The molecule has 0 atom stereocenters. The second-order valence-corrected chi connectivity index (χ2v) is 8.61. The Labute approximate surface area is 176 Å². The normalized spacial score (nSPS) is 10.8. The van der Waals surface area contributed by atoms with Gasteiger partial charge < -0.3 is 4.90 Å². The molecule has 3 aromatic carbocycles. The molecule has 0 radical (unpaired) electrons. The lowest BCUT2D eigenvalue weighted by atomic mass is 10.1. The maximum atomic E-state index is 13.0. The van der Waals surface area contributed by atoms with Crippen LogP contribution in [0.5, 0.6) is 0 Å². The van der Waals surface area contributed by atoms with Gasteiger partial charge in [-0.15, -0.1) is 0 Å².